The minimum atomic E-state index is -4.07. The van der Waals surface area contributed by atoms with Gasteiger partial charge in [-0.25, -0.2) is 0 Å². The summed E-state index contributed by atoms with van der Waals surface area (Å²) in [6, 6.07) is 0.543. The van der Waals surface area contributed by atoms with Crippen molar-refractivity contribution in [2.75, 3.05) is 32.8 Å². The second-order valence-electron chi connectivity index (χ2n) is 4.82. The van der Waals surface area contributed by atoms with E-state index in [1.807, 2.05) is 0 Å². The molecule has 2 aliphatic rings. The average Bonchev–Trinajstić information content (AvgIpc) is 2.70. The molecule has 2 rings (SSSR count). The summed E-state index contributed by atoms with van der Waals surface area (Å²) in [4.78, 5) is 2.39. The minimum Gasteiger partial charge on any atom is -0.374 e. The summed E-state index contributed by atoms with van der Waals surface area (Å²) in [5.41, 5.74) is 0. The summed E-state index contributed by atoms with van der Waals surface area (Å²) in [5.74, 6) is 0. The Labute approximate surface area is 99.3 Å². The third kappa shape index (κ3) is 4.12. The molecule has 0 amide bonds. The molecule has 0 aromatic rings. The van der Waals surface area contributed by atoms with E-state index in [2.05, 4.69) is 10.2 Å². The molecule has 0 aromatic heterocycles. The van der Waals surface area contributed by atoms with Crippen LogP contribution in [-0.4, -0.2) is 56.0 Å². The molecule has 2 saturated heterocycles. The number of nitrogens with zero attached hydrogens (tertiary/aromatic N) is 1. The highest BCUT2D eigenvalue weighted by Gasteiger charge is 2.32. The number of morpholine rings is 1. The van der Waals surface area contributed by atoms with Crippen molar-refractivity contribution in [1.29, 1.82) is 0 Å². The SMILES string of the molecule is FC(F)(F)CCNCC1CN2CCCC2CO1. The molecule has 2 aliphatic heterocycles. The molecule has 1 N–H and O–H groups in total. The summed E-state index contributed by atoms with van der Waals surface area (Å²) in [6.45, 7) is 3.18. The molecule has 0 radical (unpaired) electrons. The van der Waals surface area contributed by atoms with Crippen LogP contribution in [0.25, 0.3) is 0 Å². The van der Waals surface area contributed by atoms with Crippen molar-refractivity contribution in [3.8, 4) is 0 Å². The predicted molar refractivity (Wildman–Crippen MR) is 57.9 cm³/mol. The standard InChI is InChI=1S/C11H19F3N2O/c12-11(13,14)3-4-15-6-10-7-16-5-1-2-9(16)8-17-10/h9-10,15H,1-8H2. The minimum absolute atomic E-state index is 0.0210. The lowest BCUT2D eigenvalue weighted by Crippen LogP contribution is -2.49. The summed E-state index contributed by atoms with van der Waals surface area (Å²) < 4.78 is 41.4. The fraction of sp³-hybridized carbons (Fsp3) is 1.00. The van der Waals surface area contributed by atoms with Crippen LogP contribution in [0.5, 0.6) is 0 Å². The summed E-state index contributed by atoms with van der Waals surface area (Å²) >= 11 is 0. The number of nitrogens with one attached hydrogen (secondary N) is 1. The van der Waals surface area contributed by atoms with Crippen molar-refractivity contribution in [1.82, 2.24) is 10.2 Å². The maximum Gasteiger partial charge on any atom is 0.390 e. The van der Waals surface area contributed by atoms with Crippen LogP contribution in [0.3, 0.4) is 0 Å². The molecule has 0 saturated carbocycles. The molecule has 0 spiro atoms. The Balaban J connectivity index is 1.60. The monoisotopic (exact) mass is 252 g/mol. The van der Waals surface area contributed by atoms with Gasteiger partial charge in [-0.2, -0.15) is 13.2 Å². The first-order chi connectivity index (χ1) is 8.04. The van der Waals surface area contributed by atoms with Crippen LogP contribution in [0.4, 0.5) is 13.2 Å². The molecule has 2 unspecified atom stereocenters. The van der Waals surface area contributed by atoms with E-state index < -0.39 is 12.6 Å². The van der Waals surface area contributed by atoms with E-state index in [4.69, 9.17) is 4.74 Å². The normalized spacial score (nSPS) is 30.5. The highest BCUT2D eigenvalue weighted by Crippen LogP contribution is 2.22. The Morgan fingerprint density at radius 2 is 2.18 bits per heavy atom. The third-order valence-corrected chi connectivity index (χ3v) is 3.42. The smallest absolute Gasteiger partial charge is 0.374 e. The lowest BCUT2D eigenvalue weighted by molar-refractivity contribution is -0.133. The second-order valence-corrected chi connectivity index (χ2v) is 4.82. The van der Waals surface area contributed by atoms with Gasteiger partial charge in [-0.3, -0.25) is 4.90 Å². The van der Waals surface area contributed by atoms with Gasteiger partial charge in [0.2, 0.25) is 0 Å². The highest BCUT2D eigenvalue weighted by molar-refractivity contribution is 4.85. The number of fused-ring (bicyclic) bond motifs is 1. The average molecular weight is 252 g/mol. The van der Waals surface area contributed by atoms with E-state index in [-0.39, 0.29) is 12.6 Å². The van der Waals surface area contributed by atoms with Crippen LogP contribution in [0.2, 0.25) is 0 Å². The van der Waals surface area contributed by atoms with Gasteiger partial charge in [-0.1, -0.05) is 0 Å². The number of halogens is 3. The van der Waals surface area contributed by atoms with Crippen molar-refractivity contribution in [2.45, 2.75) is 37.6 Å². The number of rotatable bonds is 4. The van der Waals surface area contributed by atoms with Gasteiger partial charge in [0, 0.05) is 25.7 Å². The summed E-state index contributed by atoms with van der Waals surface area (Å²) in [6.07, 6.45) is -2.40. The van der Waals surface area contributed by atoms with E-state index in [0.717, 1.165) is 19.7 Å². The zero-order chi connectivity index (χ0) is 12.3. The third-order valence-electron chi connectivity index (χ3n) is 3.42. The number of alkyl halides is 3. The summed E-state index contributed by atoms with van der Waals surface area (Å²) in [7, 11) is 0. The first kappa shape index (κ1) is 13.1. The van der Waals surface area contributed by atoms with Crippen LogP contribution in [-0.2, 0) is 4.74 Å². The maximum atomic E-state index is 11.9. The molecule has 0 bridgehead atoms. The largest absolute Gasteiger partial charge is 0.390 e. The Kier molecular flexibility index (Phi) is 4.27. The van der Waals surface area contributed by atoms with Gasteiger partial charge in [-0.05, 0) is 19.4 Å². The molecule has 2 fully saturated rings. The molecule has 3 nitrogen and oxygen atoms in total. The fourth-order valence-electron chi connectivity index (χ4n) is 2.50. The molecule has 0 aliphatic carbocycles. The second kappa shape index (κ2) is 5.54. The van der Waals surface area contributed by atoms with Gasteiger partial charge in [0.25, 0.3) is 0 Å². The lowest BCUT2D eigenvalue weighted by Gasteiger charge is -2.35. The fourth-order valence-corrected chi connectivity index (χ4v) is 2.50. The van der Waals surface area contributed by atoms with Gasteiger partial charge in [0.15, 0.2) is 0 Å². The Morgan fingerprint density at radius 3 is 2.94 bits per heavy atom. The van der Waals surface area contributed by atoms with E-state index >= 15 is 0 Å². The lowest BCUT2D eigenvalue weighted by atomic mass is 10.2. The van der Waals surface area contributed by atoms with Crippen molar-refractivity contribution in [3.63, 3.8) is 0 Å². The molecular formula is C11H19F3N2O. The molecule has 2 heterocycles. The molecule has 100 valence electrons. The van der Waals surface area contributed by atoms with Gasteiger partial charge in [-0.15, -0.1) is 0 Å². The van der Waals surface area contributed by atoms with Crippen LogP contribution < -0.4 is 5.32 Å². The molecular weight excluding hydrogens is 233 g/mol. The van der Waals surface area contributed by atoms with Crippen LogP contribution >= 0.6 is 0 Å². The van der Waals surface area contributed by atoms with Crippen LogP contribution in [0.1, 0.15) is 19.3 Å². The quantitative estimate of drug-likeness (QED) is 0.765. The summed E-state index contributed by atoms with van der Waals surface area (Å²) in [5, 5.41) is 2.82. The molecule has 17 heavy (non-hydrogen) atoms. The van der Waals surface area contributed by atoms with Crippen LogP contribution in [0, 0.1) is 0 Å². The molecule has 0 aromatic carbocycles. The molecule has 2 atom stereocenters. The van der Waals surface area contributed by atoms with Crippen molar-refractivity contribution >= 4 is 0 Å². The zero-order valence-electron chi connectivity index (χ0n) is 9.80. The van der Waals surface area contributed by atoms with E-state index in [0.29, 0.717) is 12.6 Å². The number of hydrogen-bond donors (Lipinski definition) is 1. The first-order valence-corrected chi connectivity index (χ1v) is 6.18. The maximum absolute atomic E-state index is 11.9. The van der Waals surface area contributed by atoms with Crippen molar-refractivity contribution in [3.05, 3.63) is 0 Å². The number of ether oxygens (including phenoxy) is 1. The number of hydrogen-bond acceptors (Lipinski definition) is 3. The van der Waals surface area contributed by atoms with Gasteiger partial charge in [0.1, 0.15) is 0 Å². The van der Waals surface area contributed by atoms with E-state index in [9.17, 15) is 13.2 Å². The van der Waals surface area contributed by atoms with Crippen molar-refractivity contribution < 1.29 is 17.9 Å². The zero-order valence-corrected chi connectivity index (χ0v) is 9.80. The Hall–Kier alpha value is -0.330. The first-order valence-electron chi connectivity index (χ1n) is 6.18. The van der Waals surface area contributed by atoms with E-state index in [1.54, 1.807) is 0 Å². The van der Waals surface area contributed by atoms with Gasteiger partial charge >= 0.3 is 6.18 Å². The highest BCUT2D eigenvalue weighted by atomic mass is 19.4. The Bertz CT molecular complexity index is 247. The van der Waals surface area contributed by atoms with Crippen molar-refractivity contribution in [2.24, 2.45) is 0 Å². The molecule has 6 heteroatoms. The van der Waals surface area contributed by atoms with Gasteiger partial charge in [0.05, 0.1) is 19.1 Å². The predicted octanol–water partition coefficient (Wildman–Crippen LogP) is 1.39. The van der Waals surface area contributed by atoms with Crippen LogP contribution in [0.15, 0.2) is 0 Å². The van der Waals surface area contributed by atoms with E-state index in [1.165, 1.54) is 12.8 Å². The van der Waals surface area contributed by atoms with Gasteiger partial charge < -0.3 is 10.1 Å². The Morgan fingerprint density at radius 1 is 1.35 bits per heavy atom. The topological polar surface area (TPSA) is 24.5 Å².